The number of carbonyl (C=O) groups is 2. The van der Waals surface area contributed by atoms with Gasteiger partial charge in [-0.2, -0.15) is 0 Å². The molecule has 1 heterocycles. The number of hydrogen-bond donors (Lipinski definition) is 7. The van der Waals surface area contributed by atoms with Gasteiger partial charge in [0.1, 0.15) is 23.7 Å². The molecule has 0 aromatic carbocycles. The predicted octanol–water partition coefficient (Wildman–Crippen LogP) is 3.09. The van der Waals surface area contributed by atoms with E-state index >= 15 is 0 Å². The Morgan fingerprint density at radius 3 is 2.17 bits per heavy atom. The van der Waals surface area contributed by atoms with Crippen LogP contribution in [0.1, 0.15) is 99.3 Å². The van der Waals surface area contributed by atoms with Gasteiger partial charge >= 0.3 is 11.9 Å². The number of carboxylic acid groups (broad SMARTS) is 2. The average molecular weight is 665 g/mol. The molecule has 0 radical (unpaired) electrons. The normalized spacial score (nSPS) is 53.8. The van der Waals surface area contributed by atoms with Gasteiger partial charge in [-0.05, 0) is 97.2 Å². The standard InChI is InChI=1S/C36H56O11/c1-31(2)13-14-36(30(44)45)19(15-31)18-7-8-21-32(3)11-10-23(46-29-26(41)24(39)25(40)27(47-29)28(42)43)33(4,17-37)20(32)9-12-34(21,5)35(18,6)16-22(36)38/h7,19-27,29,37-41H,8-17H2,1-6H3,(H,42,43)(H,44,45). The molecule has 47 heavy (non-hydrogen) atoms. The second-order valence-corrected chi connectivity index (χ2v) is 17.8. The number of hydrogen-bond acceptors (Lipinski definition) is 9. The second-order valence-electron chi connectivity index (χ2n) is 17.8. The van der Waals surface area contributed by atoms with Crippen LogP contribution in [0.2, 0.25) is 0 Å². The summed E-state index contributed by atoms with van der Waals surface area (Å²) in [6.07, 6.45) is -1.87. The van der Waals surface area contributed by atoms with Gasteiger partial charge in [-0.1, -0.05) is 53.2 Å². The third kappa shape index (κ3) is 4.69. The zero-order chi connectivity index (χ0) is 34.7. The summed E-state index contributed by atoms with van der Waals surface area (Å²) in [7, 11) is 0. The summed E-state index contributed by atoms with van der Waals surface area (Å²) >= 11 is 0. The highest BCUT2D eigenvalue weighted by molar-refractivity contribution is 5.77. The Bertz CT molecular complexity index is 1320. The van der Waals surface area contributed by atoms with Gasteiger partial charge in [0.05, 0.1) is 18.8 Å². The monoisotopic (exact) mass is 664 g/mol. The molecule has 0 spiro atoms. The molecule has 11 heteroatoms. The summed E-state index contributed by atoms with van der Waals surface area (Å²) in [5.74, 6) is -2.44. The quantitative estimate of drug-likeness (QED) is 0.169. The van der Waals surface area contributed by atoms with Crippen LogP contribution in [-0.2, 0) is 19.1 Å². The second kappa shape index (κ2) is 11.2. The fourth-order valence-electron chi connectivity index (χ4n) is 12.3. The van der Waals surface area contributed by atoms with Gasteiger partial charge in [0.2, 0.25) is 0 Å². The van der Waals surface area contributed by atoms with E-state index in [4.69, 9.17) is 9.47 Å². The lowest BCUT2D eigenvalue weighted by atomic mass is 9.33. The fourth-order valence-corrected chi connectivity index (χ4v) is 12.3. The summed E-state index contributed by atoms with van der Waals surface area (Å²) < 4.78 is 11.7. The van der Waals surface area contributed by atoms with Crippen LogP contribution in [0, 0.1) is 50.2 Å². The minimum absolute atomic E-state index is 0.0119. The van der Waals surface area contributed by atoms with Crippen molar-refractivity contribution < 1.29 is 54.8 Å². The first-order valence-electron chi connectivity index (χ1n) is 17.5. The average Bonchev–Trinajstić information content (AvgIpc) is 2.98. The Labute approximate surface area is 277 Å². The van der Waals surface area contributed by atoms with Gasteiger partial charge in [0.15, 0.2) is 12.4 Å². The Balaban J connectivity index is 1.33. The molecule has 6 rings (SSSR count). The molecule has 4 saturated carbocycles. The Morgan fingerprint density at radius 2 is 1.55 bits per heavy atom. The number of rotatable bonds is 5. The van der Waals surface area contributed by atoms with Crippen LogP contribution in [0.25, 0.3) is 0 Å². The number of fused-ring (bicyclic) bond motifs is 7. The minimum Gasteiger partial charge on any atom is -0.481 e. The van der Waals surface area contributed by atoms with Gasteiger partial charge in [0, 0.05) is 5.41 Å². The molecule has 15 unspecified atom stereocenters. The summed E-state index contributed by atoms with van der Waals surface area (Å²) in [6, 6.07) is 0. The highest BCUT2D eigenvalue weighted by Crippen LogP contribution is 2.76. The van der Waals surface area contributed by atoms with Crippen LogP contribution >= 0.6 is 0 Å². The molecule has 266 valence electrons. The van der Waals surface area contributed by atoms with E-state index < -0.39 is 71.1 Å². The van der Waals surface area contributed by atoms with Crippen LogP contribution in [-0.4, -0.2) is 97.2 Å². The van der Waals surface area contributed by atoms with Crippen LogP contribution in [0.3, 0.4) is 0 Å². The van der Waals surface area contributed by atoms with Crippen molar-refractivity contribution in [3.63, 3.8) is 0 Å². The third-order valence-corrected chi connectivity index (χ3v) is 15.3. The zero-order valence-electron chi connectivity index (χ0n) is 28.7. The number of aliphatic hydroxyl groups excluding tert-OH is 5. The van der Waals surface area contributed by atoms with Crippen molar-refractivity contribution >= 4 is 11.9 Å². The van der Waals surface area contributed by atoms with E-state index in [0.29, 0.717) is 19.3 Å². The smallest absolute Gasteiger partial charge is 0.335 e. The lowest BCUT2D eigenvalue weighted by molar-refractivity contribution is -0.327. The van der Waals surface area contributed by atoms with Crippen LogP contribution in [0.5, 0.6) is 0 Å². The summed E-state index contributed by atoms with van der Waals surface area (Å²) in [6.45, 7) is 13.1. The number of aliphatic hydroxyl groups is 5. The molecule has 0 bridgehead atoms. The summed E-state index contributed by atoms with van der Waals surface area (Å²) in [5.41, 5.74) is -1.69. The van der Waals surface area contributed by atoms with Gasteiger partial charge in [-0.3, -0.25) is 4.79 Å². The SMILES string of the molecule is CC1(C)CCC2(C(=O)O)C(O)CC3(C)C(=CCC4C5(C)CCC(OC6OC(C(=O)O)C(O)C(O)C6O)C(C)(CO)C5CCC43C)C2C1. The molecule has 7 N–H and O–H groups in total. The first-order valence-corrected chi connectivity index (χ1v) is 17.5. The van der Waals surface area contributed by atoms with Crippen molar-refractivity contribution in [2.45, 2.75) is 142 Å². The lowest BCUT2D eigenvalue weighted by Gasteiger charge is -2.71. The maximum Gasteiger partial charge on any atom is 0.335 e. The zero-order valence-corrected chi connectivity index (χ0v) is 28.7. The fraction of sp³-hybridized carbons (Fsp3) is 0.889. The van der Waals surface area contributed by atoms with Crippen molar-refractivity contribution in [3.8, 4) is 0 Å². The van der Waals surface area contributed by atoms with E-state index in [1.54, 1.807) is 0 Å². The van der Waals surface area contributed by atoms with E-state index in [1.807, 2.05) is 6.92 Å². The molecule has 11 nitrogen and oxygen atoms in total. The number of aliphatic carboxylic acids is 2. The number of allylic oxidation sites excluding steroid dienone is 2. The first-order chi connectivity index (χ1) is 21.7. The van der Waals surface area contributed by atoms with Crippen molar-refractivity contribution in [2.24, 2.45) is 50.2 Å². The Kier molecular flexibility index (Phi) is 8.40. The Morgan fingerprint density at radius 1 is 0.872 bits per heavy atom. The lowest BCUT2D eigenvalue weighted by Crippen LogP contribution is -2.68. The minimum atomic E-state index is -1.82. The van der Waals surface area contributed by atoms with Crippen molar-refractivity contribution in [2.75, 3.05) is 6.61 Å². The molecule has 0 amide bonds. The van der Waals surface area contributed by atoms with Crippen LogP contribution in [0.4, 0.5) is 0 Å². The van der Waals surface area contributed by atoms with E-state index in [-0.39, 0.29) is 40.6 Å². The van der Waals surface area contributed by atoms with Gasteiger partial charge in [0.25, 0.3) is 0 Å². The highest BCUT2D eigenvalue weighted by Gasteiger charge is 2.72. The Hall–Kier alpha value is -1.60. The molecule has 5 fully saturated rings. The van der Waals surface area contributed by atoms with Gasteiger partial charge in [-0.15, -0.1) is 0 Å². The van der Waals surface area contributed by atoms with E-state index in [1.165, 1.54) is 5.57 Å². The highest BCUT2D eigenvalue weighted by atomic mass is 16.7. The molecule has 1 aliphatic heterocycles. The maximum absolute atomic E-state index is 13.0. The van der Waals surface area contributed by atoms with Gasteiger partial charge in [-0.25, -0.2) is 4.79 Å². The van der Waals surface area contributed by atoms with Gasteiger partial charge < -0.3 is 45.2 Å². The summed E-state index contributed by atoms with van der Waals surface area (Å²) in [4.78, 5) is 24.7. The molecular formula is C36H56O11. The third-order valence-electron chi connectivity index (χ3n) is 15.3. The van der Waals surface area contributed by atoms with Crippen LogP contribution < -0.4 is 0 Å². The molecular weight excluding hydrogens is 608 g/mol. The number of ether oxygens (including phenoxy) is 2. The van der Waals surface area contributed by atoms with Crippen LogP contribution in [0.15, 0.2) is 11.6 Å². The largest absolute Gasteiger partial charge is 0.481 e. The maximum atomic E-state index is 13.0. The molecule has 5 aliphatic carbocycles. The molecule has 0 aromatic rings. The molecule has 15 atom stereocenters. The van der Waals surface area contributed by atoms with Crippen molar-refractivity contribution in [1.82, 2.24) is 0 Å². The van der Waals surface area contributed by atoms with E-state index in [2.05, 4.69) is 40.7 Å². The number of carboxylic acids is 2. The van der Waals surface area contributed by atoms with E-state index in [9.17, 15) is 45.3 Å². The van der Waals surface area contributed by atoms with E-state index in [0.717, 1.165) is 38.5 Å². The molecule has 0 aromatic heterocycles. The van der Waals surface area contributed by atoms with Crippen molar-refractivity contribution in [3.05, 3.63) is 11.6 Å². The first kappa shape index (κ1) is 35.2. The topological polar surface area (TPSA) is 194 Å². The molecule has 6 aliphatic rings. The molecule has 1 saturated heterocycles. The van der Waals surface area contributed by atoms with Crippen molar-refractivity contribution in [1.29, 1.82) is 0 Å². The predicted molar refractivity (Wildman–Crippen MR) is 169 cm³/mol. The summed E-state index contributed by atoms with van der Waals surface area (Å²) in [5, 5.41) is 74.3.